The highest BCUT2D eigenvalue weighted by atomic mass is 35.5. The lowest BCUT2D eigenvalue weighted by molar-refractivity contribution is -0.119. The largest absolute Gasteiger partial charge is 0.352 e. The first-order valence-corrected chi connectivity index (χ1v) is 11.9. The number of H-pyrrole nitrogens is 1. The molecule has 3 heterocycles. The zero-order valence-electron chi connectivity index (χ0n) is 15.0. The Bertz CT molecular complexity index is 1250. The van der Waals surface area contributed by atoms with Crippen molar-refractivity contribution in [1.29, 1.82) is 0 Å². The summed E-state index contributed by atoms with van der Waals surface area (Å²) in [6.07, 6.45) is 1.84. The molecule has 0 saturated carbocycles. The summed E-state index contributed by atoms with van der Waals surface area (Å²) in [5.41, 5.74) is 0.635. The first-order chi connectivity index (χ1) is 13.8. The van der Waals surface area contributed by atoms with Gasteiger partial charge in [-0.1, -0.05) is 29.4 Å². The van der Waals surface area contributed by atoms with Crippen LogP contribution in [0.1, 0.15) is 6.42 Å². The lowest BCUT2D eigenvalue weighted by Crippen LogP contribution is -2.36. The van der Waals surface area contributed by atoms with Gasteiger partial charge in [0, 0.05) is 11.1 Å². The second-order valence-electron chi connectivity index (χ2n) is 6.60. The van der Waals surface area contributed by atoms with Gasteiger partial charge in [0.15, 0.2) is 20.6 Å². The molecule has 9 nitrogen and oxygen atoms in total. The molecule has 0 aliphatic carbocycles. The van der Waals surface area contributed by atoms with Gasteiger partial charge in [0.05, 0.1) is 29.1 Å². The number of fused-ring (bicyclic) bond motifs is 1. The van der Waals surface area contributed by atoms with Crippen LogP contribution in [0.4, 0.5) is 0 Å². The highest BCUT2D eigenvalue weighted by Crippen LogP contribution is 2.20. The summed E-state index contributed by atoms with van der Waals surface area (Å²) in [6, 6.07) is 6.62. The molecule has 1 amide bonds. The molecule has 1 aliphatic rings. The van der Waals surface area contributed by atoms with Gasteiger partial charge in [-0.3, -0.25) is 9.59 Å². The number of carbonyl (C=O) groups excluding carboxylic acids is 1. The summed E-state index contributed by atoms with van der Waals surface area (Å²) in [7, 11) is -3.07. The summed E-state index contributed by atoms with van der Waals surface area (Å²) in [6.45, 7) is 0. The molecule has 1 saturated heterocycles. The van der Waals surface area contributed by atoms with Crippen LogP contribution in [-0.2, 0) is 14.6 Å². The quantitative estimate of drug-likeness (QED) is 0.438. The predicted octanol–water partition coefficient (Wildman–Crippen LogP) is 1.16. The van der Waals surface area contributed by atoms with Crippen LogP contribution >= 0.6 is 23.4 Å². The van der Waals surface area contributed by atoms with Crippen LogP contribution in [0.5, 0.6) is 0 Å². The first kappa shape index (κ1) is 19.9. The molecule has 4 rings (SSSR count). The number of amides is 1. The standard InChI is InChI=1S/C17H16ClN5O4S2/c18-10-2-1-3-12(6-10)23-15-13(7-19-23)16(25)22-17(21-15)28-8-14(24)20-11-4-5-29(26,27)9-11/h1-3,6-7,11H,4-5,8-9H2,(H,20,24)(H,21,22,25). The second kappa shape index (κ2) is 7.81. The van der Waals surface area contributed by atoms with E-state index in [0.717, 1.165) is 11.8 Å². The van der Waals surface area contributed by atoms with Gasteiger partial charge in [-0.25, -0.2) is 18.1 Å². The number of nitrogens with one attached hydrogen (secondary N) is 2. The average Bonchev–Trinajstić information content (AvgIpc) is 3.23. The van der Waals surface area contributed by atoms with Crippen LogP contribution in [0.15, 0.2) is 40.4 Å². The number of hydrogen-bond acceptors (Lipinski definition) is 7. The molecule has 0 radical (unpaired) electrons. The van der Waals surface area contributed by atoms with Crippen molar-refractivity contribution in [2.45, 2.75) is 17.6 Å². The molecule has 1 aliphatic heterocycles. The average molecular weight is 454 g/mol. The van der Waals surface area contributed by atoms with E-state index in [1.54, 1.807) is 24.3 Å². The van der Waals surface area contributed by atoms with Crippen molar-refractivity contribution >= 4 is 50.1 Å². The number of aromatic nitrogens is 4. The van der Waals surface area contributed by atoms with Gasteiger partial charge in [0.1, 0.15) is 5.39 Å². The van der Waals surface area contributed by atoms with E-state index in [1.165, 1.54) is 10.9 Å². The van der Waals surface area contributed by atoms with Gasteiger partial charge >= 0.3 is 0 Å². The van der Waals surface area contributed by atoms with Gasteiger partial charge < -0.3 is 10.3 Å². The highest BCUT2D eigenvalue weighted by Gasteiger charge is 2.28. The van der Waals surface area contributed by atoms with Crippen molar-refractivity contribution in [3.05, 3.63) is 45.8 Å². The lowest BCUT2D eigenvalue weighted by Gasteiger charge is -2.10. The molecule has 1 fully saturated rings. The van der Waals surface area contributed by atoms with Crippen molar-refractivity contribution in [3.63, 3.8) is 0 Å². The Balaban J connectivity index is 1.52. The topological polar surface area (TPSA) is 127 Å². The van der Waals surface area contributed by atoms with Crippen LogP contribution in [0, 0.1) is 0 Å². The third-order valence-electron chi connectivity index (χ3n) is 4.41. The van der Waals surface area contributed by atoms with E-state index in [-0.39, 0.29) is 39.9 Å². The minimum atomic E-state index is -3.07. The van der Waals surface area contributed by atoms with Crippen LogP contribution < -0.4 is 10.9 Å². The summed E-state index contributed by atoms with van der Waals surface area (Å²) in [5.74, 6) is -0.271. The zero-order valence-corrected chi connectivity index (χ0v) is 17.4. The fourth-order valence-corrected chi connectivity index (χ4v) is 5.60. The van der Waals surface area contributed by atoms with E-state index in [1.807, 2.05) is 0 Å². The van der Waals surface area contributed by atoms with Gasteiger partial charge in [-0.15, -0.1) is 0 Å². The van der Waals surface area contributed by atoms with Crippen molar-refractivity contribution < 1.29 is 13.2 Å². The second-order valence-corrected chi connectivity index (χ2v) is 10.2. The SMILES string of the molecule is O=C(CSc1nc2c(cnn2-c2cccc(Cl)c2)c(=O)[nH]1)NC1CCS(=O)(=O)C1. The predicted molar refractivity (Wildman–Crippen MR) is 110 cm³/mol. The number of hydrogen-bond donors (Lipinski definition) is 2. The number of sulfone groups is 1. The minimum absolute atomic E-state index is 0.00367. The lowest BCUT2D eigenvalue weighted by atomic mass is 10.3. The molecule has 12 heteroatoms. The van der Waals surface area contributed by atoms with Crippen molar-refractivity contribution in [1.82, 2.24) is 25.1 Å². The molecule has 1 atom stereocenters. The van der Waals surface area contributed by atoms with E-state index in [2.05, 4.69) is 20.4 Å². The molecule has 0 spiro atoms. The molecular formula is C17H16ClN5O4S2. The fourth-order valence-electron chi connectivity index (χ4n) is 3.08. The van der Waals surface area contributed by atoms with Crippen LogP contribution in [0.3, 0.4) is 0 Å². The minimum Gasteiger partial charge on any atom is -0.352 e. The molecule has 1 aromatic carbocycles. The molecule has 152 valence electrons. The molecule has 2 aromatic heterocycles. The van der Waals surface area contributed by atoms with E-state index in [4.69, 9.17) is 11.6 Å². The zero-order chi connectivity index (χ0) is 20.6. The van der Waals surface area contributed by atoms with E-state index in [9.17, 15) is 18.0 Å². The Morgan fingerprint density at radius 1 is 1.41 bits per heavy atom. The Kier molecular flexibility index (Phi) is 5.36. The number of thioether (sulfide) groups is 1. The smallest absolute Gasteiger partial charge is 0.262 e. The Labute approximate surface area is 174 Å². The van der Waals surface area contributed by atoms with Gasteiger partial charge in [0.25, 0.3) is 5.56 Å². The number of rotatable bonds is 5. The number of aromatic amines is 1. The van der Waals surface area contributed by atoms with Gasteiger partial charge in [-0.05, 0) is 24.6 Å². The highest BCUT2D eigenvalue weighted by molar-refractivity contribution is 7.99. The first-order valence-electron chi connectivity index (χ1n) is 8.67. The van der Waals surface area contributed by atoms with Gasteiger partial charge in [-0.2, -0.15) is 5.10 Å². The number of nitrogens with zero attached hydrogens (tertiary/aromatic N) is 3. The maximum absolute atomic E-state index is 12.4. The third kappa shape index (κ3) is 4.46. The molecule has 29 heavy (non-hydrogen) atoms. The maximum Gasteiger partial charge on any atom is 0.262 e. The van der Waals surface area contributed by atoms with Crippen LogP contribution in [0.25, 0.3) is 16.7 Å². The fraction of sp³-hybridized carbons (Fsp3) is 0.294. The number of benzene rings is 1. The van der Waals surface area contributed by atoms with Crippen molar-refractivity contribution in [3.8, 4) is 5.69 Å². The molecule has 0 bridgehead atoms. The molecular weight excluding hydrogens is 438 g/mol. The Hall–Kier alpha value is -2.37. The monoisotopic (exact) mass is 453 g/mol. The maximum atomic E-state index is 12.4. The molecule has 2 N–H and O–H groups in total. The number of halogens is 1. The van der Waals surface area contributed by atoms with Crippen molar-refractivity contribution in [2.24, 2.45) is 0 Å². The summed E-state index contributed by atoms with van der Waals surface area (Å²) in [5, 5.41) is 8.02. The number of carbonyl (C=O) groups is 1. The third-order valence-corrected chi connectivity index (χ3v) is 7.28. The summed E-state index contributed by atoms with van der Waals surface area (Å²) < 4.78 is 24.5. The van der Waals surface area contributed by atoms with Crippen LogP contribution in [-0.4, -0.2) is 57.4 Å². The Morgan fingerprint density at radius 3 is 2.97 bits per heavy atom. The summed E-state index contributed by atoms with van der Waals surface area (Å²) in [4.78, 5) is 31.5. The van der Waals surface area contributed by atoms with Gasteiger partial charge in [0.2, 0.25) is 5.91 Å². The van der Waals surface area contributed by atoms with E-state index < -0.39 is 9.84 Å². The van der Waals surface area contributed by atoms with Crippen molar-refractivity contribution in [2.75, 3.05) is 17.3 Å². The molecule has 1 unspecified atom stereocenters. The van der Waals surface area contributed by atoms with Crippen LogP contribution in [0.2, 0.25) is 5.02 Å². The van der Waals surface area contributed by atoms with E-state index >= 15 is 0 Å². The normalized spacial score (nSPS) is 18.2. The Morgan fingerprint density at radius 2 is 2.24 bits per heavy atom. The molecule has 3 aromatic rings. The summed E-state index contributed by atoms with van der Waals surface area (Å²) >= 11 is 7.09. The van der Waals surface area contributed by atoms with E-state index in [0.29, 0.717) is 28.2 Å².